The van der Waals surface area contributed by atoms with Gasteiger partial charge in [-0.1, -0.05) is 48.2 Å². The van der Waals surface area contributed by atoms with Gasteiger partial charge < -0.3 is 24.9 Å². The third-order valence-electron chi connectivity index (χ3n) is 7.47. The Labute approximate surface area is 227 Å². The van der Waals surface area contributed by atoms with Gasteiger partial charge in [0.2, 0.25) is 11.8 Å². The Morgan fingerprint density at radius 3 is 2.51 bits per heavy atom. The average Bonchev–Trinajstić information content (AvgIpc) is 3.37. The fourth-order valence-electron chi connectivity index (χ4n) is 5.42. The van der Waals surface area contributed by atoms with Crippen LogP contribution in [0.1, 0.15) is 51.0 Å². The largest absolute Gasteiger partial charge is 0.399 e. The molecule has 1 unspecified atom stereocenters. The Balaban J connectivity index is 1.73. The van der Waals surface area contributed by atoms with Crippen LogP contribution in [-0.4, -0.2) is 98.2 Å². The van der Waals surface area contributed by atoms with Crippen LogP contribution in [0.3, 0.4) is 0 Å². The summed E-state index contributed by atoms with van der Waals surface area (Å²) in [7, 11) is 5.54. The summed E-state index contributed by atoms with van der Waals surface area (Å²) in [6.45, 7) is 4.67. The number of rotatable bonds is 12. The molecule has 9 heteroatoms. The van der Waals surface area contributed by atoms with E-state index < -0.39 is 0 Å². The lowest BCUT2D eigenvalue weighted by Gasteiger charge is -2.39. The molecule has 2 aliphatic rings. The Bertz CT molecular complexity index is 888. The van der Waals surface area contributed by atoms with Gasteiger partial charge in [-0.25, -0.2) is 0 Å². The number of carbonyl (C=O) groups is 2. The van der Waals surface area contributed by atoms with Crippen molar-refractivity contribution in [2.45, 2.75) is 70.0 Å². The van der Waals surface area contributed by atoms with Crippen LogP contribution in [0.15, 0.2) is 29.4 Å². The summed E-state index contributed by atoms with van der Waals surface area (Å²) in [6.07, 6.45) is 8.53. The van der Waals surface area contributed by atoms with Gasteiger partial charge in [0.25, 0.3) is 0 Å². The van der Waals surface area contributed by atoms with Crippen molar-refractivity contribution in [1.82, 2.24) is 20.0 Å². The first kappa shape index (κ1) is 29.4. The fourth-order valence-corrected chi connectivity index (χ4v) is 5.55. The van der Waals surface area contributed by atoms with E-state index in [1.165, 1.54) is 13.5 Å². The molecular weight excluding hydrogens is 490 g/mol. The smallest absolute Gasteiger partial charge is 0.240 e. The number of oxime groups is 1. The molecule has 3 atom stereocenters. The summed E-state index contributed by atoms with van der Waals surface area (Å²) >= 11 is 6.07. The molecule has 206 valence electrons. The second kappa shape index (κ2) is 14.7. The Kier molecular flexibility index (Phi) is 11.7. The molecule has 0 spiro atoms. The highest BCUT2D eigenvalue weighted by atomic mass is 35.5. The molecule has 1 aromatic rings. The van der Waals surface area contributed by atoms with E-state index in [1.807, 2.05) is 50.2 Å². The van der Waals surface area contributed by atoms with Crippen molar-refractivity contribution in [3.63, 3.8) is 0 Å². The molecule has 2 fully saturated rings. The maximum absolute atomic E-state index is 13.8. The van der Waals surface area contributed by atoms with E-state index in [2.05, 4.69) is 20.3 Å². The highest BCUT2D eigenvalue weighted by Crippen LogP contribution is 2.29. The molecule has 1 aromatic carbocycles. The summed E-state index contributed by atoms with van der Waals surface area (Å²) < 4.78 is 0. The monoisotopic (exact) mass is 533 g/mol. The van der Waals surface area contributed by atoms with Crippen LogP contribution in [0.5, 0.6) is 0 Å². The molecule has 1 saturated heterocycles. The van der Waals surface area contributed by atoms with Crippen LogP contribution < -0.4 is 5.32 Å². The second-order valence-corrected chi connectivity index (χ2v) is 11.1. The Hall–Kier alpha value is -2.16. The number of nitrogens with one attached hydrogen (secondary N) is 1. The van der Waals surface area contributed by atoms with Crippen molar-refractivity contribution < 1.29 is 14.4 Å². The van der Waals surface area contributed by atoms with Gasteiger partial charge in [0.05, 0.1) is 24.2 Å². The van der Waals surface area contributed by atoms with Crippen molar-refractivity contribution >= 4 is 29.6 Å². The van der Waals surface area contributed by atoms with Crippen molar-refractivity contribution in [2.75, 3.05) is 47.4 Å². The van der Waals surface area contributed by atoms with E-state index >= 15 is 0 Å². The SMILES string of the molecule is CON=CC(C)C(=O)N(C1CCCCC1)[C@H]1CCN(C(=O)[C@@H](Cc2ccc(Cl)cc2)NCCN(C)C)C1. The maximum atomic E-state index is 13.8. The fraction of sp³-hybridized carbons (Fsp3) is 0.679. The first-order valence-electron chi connectivity index (χ1n) is 13.6. The summed E-state index contributed by atoms with van der Waals surface area (Å²) in [5, 5.41) is 8.01. The average molecular weight is 534 g/mol. The number of likely N-dealkylation sites (tertiary alicyclic amines) is 1. The number of likely N-dealkylation sites (N-methyl/N-ethyl adjacent to an activating group) is 1. The van der Waals surface area contributed by atoms with E-state index in [0.29, 0.717) is 24.5 Å². The highest BCUT2D eigenvalue weighted by Gasteiger charge is 2.39. The zero-order valence-corrected chi connectivity index (χ0v) is 23.6. The Morgan fingerprint density at radius 2 is 1.86 bits per heavy atom. The minimum atomic E-state index is -0.364. The lowest BCUT2D eigenvalue weighted by atomic mass is 9.92. The van der Waals surface area contributed by atoms with Gasteiger partial charge in [-0.15, -0.1) is 0 Å². The van der Waals surface area contributed by atoms with Gasteiger partial charge in [0.15, 0.2) is 0 Å². The number of hydrogen-bond donors (Lipinski definition) is 1. The number of halogens is 1. The third kappa shape index (κ3) is 8.69. The molecule has 2 amide bonds. The minimum absolute atomic E-state index is 0.0240. The van der Waals surface area contributed by atoms with Crippen molar-refractivity contribution in [2.24, 2.45) is 11.1 Å². The van der Waals surface area contributed by atoms with Gasteiger partial charge in [-0.3, -0.25) is 9.59 Å². The lowest BCUT2D eigenvalue weighted by Crippen LogP contribution is -2.53. The summed E-state index contributed by atoms with van der Waals surface area (Å²) in [4.78, 5) is 38.3. The summed E-state index contributed by atoms with van der Waals surface area (Å²) in [6, 6.07) is 7.62. The van der Waals surface area contributed by atoms with Gasteiger partial charge >= 0.3 is 0 Å². The molecule has 37 heavy (non-hydrogen) atoms. The first-order valence-corrected chi connectivity index (χ1v) is 14.0. The number of benzene rings is 1. The number of carbonyl (C=O) groups excluding carboxylic acids is 2. The van der Waals surface area contributed by atoms with E-state index in [0.717, 1.165) is 50.8 Å². The van der Waals surface area contributed by atoms with Crippen LogP contribution in [0.4, 0.5) is 0 Å². The summed E-state index contributed by atoms with van der Waals surface area (Å²) in [5.41, 5.74) is 1.07. The molecule has 1 N–H and O–H groups in total. The molecule has 0 bridgehead atoms. The normalized spacial score (nSPS) is 20.4. The second-order valence-electron chi connectivity index (χ2n) is 10.6. The molecule has 1 saturated carbocycles. The number of nitrogens with zero attached hydrogens (tertiary/aromatic N) is 4. The third-order valence-corrected chi connectivity index (χ3v) is 7.72. The Morgan fingerprint density at radius 1 is 1.16 bits per heavy atom. The van der Waals surface area contributed by atoms with Crippen LogP contribution in [-0.2, 0) is 20.8 Å². The van der Waals surface area contributed by atoms with E-state index in [1.54, 1.807) is 6.21 Å². The van der Waals surface area contributed by atoms with Crippen LogP contribution in [0.25, 0.3) is 0 Å². The number of amides is 2. The van der Waals surface area contributed by atoms with Crippen LogP contribution in [0, 0.1) is 5.92 Å². The van der Waals surface area contributed by atoms with Crippen molar-refractivity contribution in [3.05, 3.63) is 34.9 Å². The highest BCUT2D eigenvalue weighted by molar-refractivity contribution is 6.30. The quantitative estimate of drug-likeness (QED) is 0.329. The molecule has 1 aliphatic carbocycles. The predicted octanol–water partition coefficient (Wildman–Crippen LogP) is 3.43. The minimum Gasteiger partial charge on any atom is -0.399 e. The molecular formula is C28H44ClN5O3. The van der Waals surface area contributed by atoms with E-state index in [4.69, 9.17) is 16.4 Å². The zero-order valence-electron chi connectivity index (χ0n) is 22.9. The van der Waals surface area contributed by atoms with Crippen LogP contribution >= 0.6 is 11.6 Å². The van der Waals surface area contributed by atoms with E-state index in [-0.39, 0.29) is 35.9 Å². The number of hydrogen-bond acceptors (Lipinski definition) is 6. The predicted molar refractivity (Wildman–Crippen MR) is 149 cm³/mol. The van der Waals surface area contributed by atoms with Gasteiger partial charge in [-0.2, -0.15) is 0 Å². The van der Waals surface area contributed by atoms with Crippen molar-refractivity contribution in [3.8, 4) is 0 Å². The molecule has 0 aromatic heterocycles. The molecule has 0 radical (unpaired) electrons. The first-order chi connectivity index (χ1) is 17.8. The van der Waals surface area contributed by atoms with Crippen molar-refractivity contribution in [1.29, 1.82) is 0 Å². The standard InChI is InChI=1S/C28H44ClN5O3/c1-21(19-31-37-4)27(35)34(24-8-6-5-7-9-24)25-14-16-33(20-25)28(36)26(30-15-17-32(2)3)18-22-10-12-23(29)13-11-22/h10-13,19,21,24-26,30H,5-9,14-18,20H2,1-4H3/t21?,25-,26+/m0/s1. The summed E-state index contributed by atoms with van der Waals surface area (Å²) in [5.74, 6) is -0.188. The zero-order chi connectivity index (χ0) is 26.8. The van der Waals surface area contributed by atoms with Gasteiger partial charge in [0.1, 0.15) is 7.11 Å². The maximum Gasteiger partial charge on any atom is 0.240 e. The van der Waals surface area contributed by atoms with Gasteiger partial charge in [0, 0.05) is 37.2 Å². The topological polar surface area (TPSA) is 77.5 Å². The van der Waals surface area contributed by atoms with Gasteiger partial charge in [-0.05, 0) is 64.4 Å². The molecule has 3 rings (SSSR count). The van der Waals surface area contributed by atoms with E-state index in [9.17, 15) is 9.59 Å². The molecule has 1 aliphatic heterocycles. The molecule has 8 nitrogen and oxygen atoms in total. The lowest BCUT2D eigenvalue weighted by molar-refractivity contribution is -0.140. The molecule has 1 heterocycles. The van der Waals surface area contributed by atoms with Crippen LogP contribution in [0.2, 0.25) is 5.02 Å².